The van der Waals surface area contributed by atoms with E-state index in [9.17, 15) is 14.4 Å². The lowest BCUT2D eigenvalue weighted by atomic mass is 10.1. The van der Waals surface area contributed by atoms with Gasteiger partial charge in [-0.15, -0.1) is 0 Å². The zero-order valence-corrected chi connectivity index (χ0v) is 10.8. The van der Waals surface area contributed by atoms with Gasteiger partial charge in [-0.05, 0) is 25.1 Å². The Morgan fingerprint density at radius 1 is 1.35 bits per heavy atom. The van der Waals surface area contributed by atoms with Crippen LogP contribution in [0.2, 0.25) is 0 Å². The molecule has 0 radical (unpaired) electrons. The fraction of sp³-hybridized carbons (Fsp3) is 0.308. The molecule has 2 rings (SSSR count). The van der Waals surface area contributed by atoms with Crippen molar-refractivity contribution < 1.29 is 23.8 Å². The molecule has 0 spiro atoms. The molecule has 0 fully saturated rings. The summed E-state index contributed by atoms with van der Waals surface area (Å²) < 4.78 is 11.2. The molecule has 106 valence electrons. The topological polar surface area (TPSA) is 98.7 Å². The highest BCUT2D eigenvalue weighted by molar-refractivity contribution is 5.99. The number of rotatable bonds is 6. The normalized spacial score (nSPS) is 10.8. The van der Waals surface area contributed by atoms with Crippen molar-refractivity contribution in [2.75, 3.05) is 13.2 Å². The standard InChI is InChI=1S/C13H13NO6/c1-2-14-9-4-3-8(5-11(9)20-13(14)18)10(15)6-19-7-12(16)17/h3-5H,2,6-7H2,1H3,(H,16,17). The van der Waals surface area contributed by atoms with Crippen molar-refractivity contribution in [1.29, 1.82) is 0 Å². The van der Waals surface area contributed by atoms with Crippen molar-refractivity contribution in [3.05, 3.63) is 34.3 Å². The van der Waals surface area contributed by atoms with Crippen LogP contribution in [0.15, 0.2) is 27.4 Å². The van der Waals surface area contributed by atoms with Gasteiger partial charge in [-0.25, -0.2) is 9.59 Å². The van der Waals surface area contributed by atoms with Crippen LogP contribution in [0, 0.1) is 0 Å². The van der Waals surface area contributed by atoms with Crippen LogP contribution in [0.4, 0.5) is 0 Å². The number of hydrogen-bond donors (Lipinski definition) is 1. The molecule has 0 saturated heterocycles. The number of Topliss-reactive ketones (excluding diaryl/α,β-unsaturated/α-hetero) is 1. The summed E-state index contributed by atoms with van der Waals surface area (Å²) in [5.41, 5.74) is 1.24. The van der Waals surface area contributed by atoms with Crippen molar-refractivity contribution in [2.45, 2.75) is 13.5 Å². The minimum Gasteiger partial charge on any atom is -0.480 e. The lowest BCUT2D eigenvalue weighted by molar-refractivity contribution is -0.141. The van der Waals surface area contributed by atoms with E-state index < -0.39 is 18.3 Å². The number of aryl methyl sites for hydroxylation is 1. The maximum Gasteiger partial charge on any atom is 0.419 e. The molecule has 1 N–H and O–H groups in total. The number of carboxylic acid groups (broad SMARTS) is 1. The minimum atomic E-state index is -1.14. The van der Waals surface area contributed by atoms with Gasteiger partial charge in [0.25, 0.3) is 0 Å². The highest BCUT2D eigenvalue weighted by Crippen LogP contribution is 2.15. The third-order valence-corrected chi connectivity index (χ3v) is 2.77. The van der Waals surface area contributed by atoms with Crippen molar-refractivity contribution >= 4 is 22.9 Å². The fourth-order valence-electron chi connectivity index (χ4n) is 1.85. The van der Waals surface area contributed by atoms with E-state index in [4.69, 9.17) is 14.3 Å². The Morgan fingerprint density at radius 2 is 2.10 bits per heavy atom. The Kier molecular flexibility index (Phi) is 3.99. The largest absolute Gasteiger partial charge is 0.480 e. The van der Waals surface area contributed by atoms with Gasteiger partial charge in [0.05, 0.1) is 5.52 Å². The molecule has 1 aromatic carbocycles. The van der Waals surface area contributed by atoms with E-state index in [1.807, 2.05) is 6.92 Å². The summed E-state index contributed by atoms with van der Waals surface area (Å²) in [4.78, 5) is 33.6. The first-order valence-electron chi connectivity index (χ1n) is 5.99. The lowest BCUT2D eigenvalue weighted by Gasteiger charge is -2.02. The summed E-state index contributed by atoms with van der Waals surface area (Å²) in [6, 6.07) is 4.62. The van der Waals surface area contributed by atoms with Crippen LogP contribution in [0.5, 0.6) is 0 Å². The van der Waals surface area contributed by atoms with Gasteiger partial charge in [0, 0.05) is 12.1 Å². The first-order chi connectivity index (χ1) is 9.52. The molecule has 0 unspecified atom stereocenters. The summed E-state index contributed by atoms with van der Waals surface area (Å²) >= 11 is 0. The third kappa shape index (κ3) is 2.77. The number of oxazole rings is 1. The van der Waals surface area contributed by atoms with Crippen molar-refractivity contribution in [3.63, 3.8) is 0 Å². The van der Waals surface area contributed by atoms with Gasteiger partial charge >= 0.3 is 11.7 Å². The second-order valence-electron chi connectivity index (χ2n) is 4.10. The smallest absolute Gasteiger partial charge is 0.419 e. The van der Waals surface area contributed by atoms with Gasteiger partial charge in [0.2, 0.25) is 0 Å². The van der Waals surface area contributed by atoms with Crippen LogP contribution in [0.1, 0.15) is 17.3 Å². The number of nitrogens with zero attached hydrogens (tertiary/aromatic N) is 1. The van der Waals surface area contributed by atoms with Crippen molar-refractivity contribution in [2.24, 2.45) is 0 Å². The van der Waals surface area contributed by atoms with Crippen LogP contribution < -0.4 is 5.76 Å². The lowest BCUT2D eigenvalue weighted by Crippen LogP contribution is -2.14. The van der Waals surface area contributed by atoms with E-state index in [1.54, 1.807) is 12.1 Å². The SMILES string of the molecule is CCn1c(=O)oc2cc(C(=O)COCC(=O)O)ccc21. The Bertz CT molecular complexity index is 711. The number of benzene rings is 1. The van der Waals surface area contributed by atoms with Gasteiger partial charge in [0.1, 0.15) is 13.2 Å². The first kappa shape index (κ1) is 14.0. The second kappa shape index (κ2) is 5.70. The average Bonchev–Trinajstić information content (AvgIpc) is 2.72. The van der Waals surface area contributed by atoms with Crippen molar-refractivity contribution in [3.8, 4) is 0 Å². The number of ether oxygens (including phenoxy) is 1. The number of ketones is 1. The molecule has 0 aliphatic carbocycles. The molecular formula is C13H13NO6. The predicted octanol–water partition coefficient (Wildman–Crippen LogP) is 0.898. The Labute approximate surface area is 113 Å². The highest BCUT2D eigenvalue weighted by atomic mass is 16.5. The average molecular weight is 279 g/mol. The fourth-order valence-corrected chi connectivity index (χ4v) is 1.85. The summed E-state index contributed by atoms with van der Waals surface area (Å²) in [5, 5.41) is 8.41. The third-order valence-electron chi connectivity index (χ3n) is 2.77. The van der Waals surface area contributed by atoms with Crippen LogP contribution in [-0.4, -0.2) is 34.6 Å². The first-order valence-corrected chi connectivity index (χ1v) is 5.99. The Balaban J connectivity index is 2.21. The number of carbonyl (C=O) groups is 2. The molecular weight excluding hydrogens is 266 g/mol. The molecule has 0 atom stereocenters. The number of aliphatic carboxylic acids is 1. The van der Waals surface area contributed by atoms with E-state index in [0.717, 1.165) is 0 Å². The molecule has 7 heteroatoms. The molecule has 7 nitrogen and oxygen atoms in total. The number of carboxylic acids is 1. The number of hydrogen-bond acceptors (Lipinski definition) is 5. The summed E-state index contributed by atoms with van der Waals surface area (Å²) in [7, 11) is 0. The van der Waals surface area contributed by atoms with E-state index in [2.05, 4.69) is 0 Å². The summed E-state index contributed by atoms with van der Waals surface area (Å²) in [6.45, 7) is 1.42. The van der Waals surface area contributed by atoms with Crippen LogP contribution >= 0.6 is 0 Å². The molecule has 0 amide bonds. The van der Waals surface area contributed by atoms with Crippen LogP contribution in [0.3, 0.4) is 0 Å². The van der Waals surface area contributed by atoms with E-state index in [1.165, 1.54) is 10.6 Å². The van der Waals surface area contributed by atoms with Crippen LogP contribution in [-0.2, 0) is 16.1 Å². The maximum atomic E-state index is 11.8. The number of aromatic nitrogens is 1. The second-order valence-corrected chi connectivity index (χ2v) is 4.10. The highest BCUT2D eigenvalue weighted by Gasteiger charge is 2.12. The molecule has 0 saturated carbocycles. The summed E-state index contributed by atoms with van der Waals surface area (Å²) in [6.07, 6.45) is 0. The molecule has 0 aliphatic rings. The quantitative estimate of drug-likeness (QED) is 0.789. The number of carbonyl (C=O) groups excluding carboxylic acids is 1. The van der Waals surface area contributed by atoms with E-state index >= 15 is 0 Å². The van der Waals surface area contributed by atoms with Crippen molar-refractivity contribution in [1.82, 2.24) is 4.57 Å². The Hall–Kier alpha value is -2.41. The van der Waals surface area contributed by atoms with Gasteiger partial charge in [-0.2, -0.15) is 0 Å². The number of fused-ring (bicyclic) bond motifs is 1. The van der Waals surface area contributed by atoms with Crippen LogP contribution in [0.25, 0.3) is 11.1 Å². The Morgan fingerprint density at radius 3 is 2.75 bits per heavy atom. The van der Waals surface area contributed by atoms with Gasteiger partial charge < -0.3 is 14.3 Å². The molecule has 1 aromatic heterocycles. The monoisotopic (exact) mass is 279 g/mol. The van der Waals surface area contributed by atoms with Gasteiger partial charge in [0.15, 0.2) is 11.4 Å². The maximum absolute atomic E-state index is 11.8. The molecule has 1 heterocycles. The van der Waals surface area contributed by atoms with E-state index in [-0.39, 0.29) is 12.4 Å². The summed E-state index contributed by atoms with van der Waals surface area (Å²) in [5.74, 6) is -1.99. The molecule has 0 bridgehead atoms. The zero-order chi connectivity index (χ0) is 14.7. The minimum absolute atomic E-state index is 0.305. The van der Waals surface area contributed by atoms with Gasteiger partial charge in [-0.3, -0.25) is 9.36 Å². The van der Waals surface area contributed by atoms with E-state index in [0.29, 0.717) is 23.2 Å². The zero-order valence-electron chi connectivity index (χ0n) is 10.8. The molecule has 0 aliphatic heterocycles. The predicted molar refractivity (Wildman–Crippen MR) is 68.9 cm³/mol. The van der Waals surface area contributed by atoms with Gasteiger partial charge in [-0.1, -0.05) is 0 Å². The molecule has 20 heavy (non-hydrogen) atoms. The molecule has 2 aromatic rings.